The van der Waals surface area contributed by atoms with Crippen molar-refractivity contribution < 1.29 is 22.0 Å². The number of alkyl halides is 3. The normalized spacial score (nSPS) is 13.3. The van der Waals surface area contributed by atoms with Gasteiger partial charge in [-0.25, -0.2) is 8.78 Å². The molecule has 0 aliphatic carbocycles. The van der Waals surface area contributed by atoms with E-state index in [4.69, 9.17) is 0 Å². The van der Waals surface area contributed by atoms with Gasteiger partial charge in [0.1, 0.15) is 22.9 Å². The molecule has 3 nitrogen and oxygen atoms in total. The Balaban J connectivity index is 1.65. The summed E-state index contributed by atoms with van der Waals surface area (Å²) >= 11 is 0. The van der Waals surface area contributed by atoms with Crippen LogP contribution in [0.4, 0.5) is 56.1 Å². The molecular weight excluding hydrogens is 569 g/mol. The van der Waals surface area contributed by atoms with Crippen molar-refractivity contribution in [1.82, 2.24) is 0 Å². The van der Waals surface area contributed by atoms with Gasteiger partial charge < -0.3 is 9.80 Å². The summed E-state index contributed by atoms with van der Waals surface area (Å²) in [5.41, 5.74) is -1.22. The first-order chi connectivity index (χ1) is 21.3. The average molecular weight is 590 g/mol. The number of nitriles is 1. The van der Waals surface area contributed by atoms with Crippen molar-refractivity contribution in [1.29, 1.82) is 5.26 Å². The summed E-state index contributed by atoms with van der Waals surface area (Å²) in [6, 6.07) is 28.4. The van der Waals surface area contributed by atoms with Crippen molar-refractivity contribution in [2.24, 2.45) is 0 Å². The Morgan fingerprint density at radius 2 is 0.841 bits per heavy atom. The highest BCUT2D eigenvalue weighted by molar-refractivity contribution is 5.98. The molecule has 0 amide bonds. The number of anilines is 6. The van der Waals surface area contributed by atoms with E-state index in [-0.39, 0.29) is 11.4 Å². The predicted octanol–water partition coefficient (Wildman–Crippen LogP) is 10.8. The van der Waals surface area contributed by atoms with Crippen LogP contribution in [0.1, 0.15) is 33.4 Å². The van der Waals surface area contributed by atoms with Gasteiger partial charge in [-0.05, 0) is 46.5 Å². The molecule has 0 saturated carbocycles. The van der Waals surface area contributed by atoms with Crippen LogP contribution in [0, 0.1) is 23.0 Å². The van der Waals surface area contributed by atoms with Crippen LogP contribution in [0.2, 0.25) is 0 Å². The minimum Gasteiger partial charge on any atom is -0.306 e. The zero-order valence-electron chi connectivity index (χ0n) is 22.8. The molecule has 0 spiro atoms. The summed E-state index contributed by atoms with van der Waals surface area (Å²) < 4.78 is 78.9. The maximum atomic E-state index is 17.6. The average Bonchev–Trinajstić information content (AvgIpc) is 3.29. The molecule has 5 aromatic rings. The van der Waals surface area contributed by atoms with Gasteiger partial charge in [0.2, 0.25) is 0 Å². The second-order valence-electron chi connectivity index (χ2n) is 10.3. The molecule has 8 heteroatoms. The second kappa shape index (κ2) is 10.2. The van der Waals surface area contributed by atoms with Crippen LogP contribution in [-0.2, 0) is 6.18 Å². The zero-order valence-corrected chi connectivity index (χ0v) is 22.8. The number of hydrogen-bond donors (Lipinski definition) is 0. The fourth-order valence-electron chi connectivity index (χ4n) is 5.87. The van der Waals surface area contributed by atoms with E-state index in [0.717, 1.165) is 4.90 Å². The number of nitrogens with zero attached hydrogens (tertiary/aromatic N) is 3. The van der Waals surface area contributed by atoms with E-state index in [9.17, 15) is 18.4 Å². The third kappa shape index (κ3) is 4.16. The van der Waals surface area contributed by atoms with E-state index in [1.165, 1.54) is 4.90 Å². The Kier molecular flexibility index (Phi) is 6.33. The minimum atomic E-state index is -5.36. The van der Waals surface area contributed by atoms with E-state index in [0.29, 0.717) is 33.6 Å². The highest BCUT2D eigenvalue weighted by Crippen LogP contribution is 2.54. The maximum Gasteiger partial charge on any atom is 0.421 e. The molecule has 0 saturated heterocycles. The fourth-order valence-corrected chi connectivity index (χ4v) is 5.87. The molecule has 7 rings (SSSR count). The van der Waals surface area contributed by atoms with Crippen molar-refractivity contribution >= 4 is 58.4 Å². The van der Waals surface area contributed by atoms with Gasteiger partial charge in [0.25, 0.3) is 0 Å². The van der Waals surface area contributed by atoms with Crippen molar-refractivity contribution in [3.05, 3.63) is 142 Å². The van der Waals surface area contributed by atoms with Gasteiger partial charge in [-0.1, -0.05) is 97.1 Å². The first kappa shape index (κ1) is 27.2. The number of benzene rings is 5. The fraction of sp³-hybridized carbons (Fsp3) is 0.0278. The van der Waals surface area contributed by atoms with Crippen molar-refractivity contribution in [3.8, 4) is 6.07 Å². The van der Waals surface area contributed by atoms with Crippen LogP contribution in [0.3, 0.4) is 0 Å². The van der Waals surface area contributed by atoms with Crippen molar-refractivity contribution in [3.63, 3.8) is 0 Å². The van der Waals surface area contributed by atoms with Crippen LogP contribution in [-0.4, -0.2) is 0 Å². The lowest BCUT2D eigenvalue weighted by molar-refractivity contribution is -0.139. The molecule has 5 aromatic carbocycles. The molecule has 0 radical (unpaired) electrons. The SMILES string of the molecule is N#Cc1c(F)c(C(F)(F)F)c(N2c3ccccc3C=Cc3ccccc32)c(F)c1N1c2ccccc2C=Cc2ccccc21. The molecule has 0 N–H and O–H groups in total. The first-order valence-corrected chi connectivity index (χ1v) is 13.6. The molecule has 0 aromatic heterocycles. The number of rotatable bonds is 2. The lowest BCUT2D eigenvalue weighted by atomic mass is 9.98. The smallest absolute Gasteiger partial charge is 0.306 e. The first-order valence-electron chi connectivity index (χ1n) is 13.6. The molecule has 2 heterocycles. The molecule has 0 fully saturated rings. The standard InChI is InChI=1S/C36H20F5N3/c37-32-26(21-42)34(43-27-13-5-1-9-22(27)17-18-23-10-2-6-14-28(23)43)33(38)35(31(32)36(39,40)41)44-29-15-7-3-11-24(29)19-20-25-12-4-8-16-30(25)44/h1-20H. The summed E-state index contributed by atoms with van der Waals surface area (Å²) in [6.07, 6.45) is 1.64. The van der Waals surface area contributed by atoms with Crippen molar-refractivity contribution in [2.75, 3.05) is 9.80 Å². The molecule has 0 bridgehead atoms. The Labute approximate surface area is 249 Å². The molecule has 214 valence electrons. The number of fused-ring (bicyclic) bond motifs is 4. The number of hydrogen-bond acceptors (Lipinski definition) is 3. The van der Waals surface area contributed by atoms with Gasteiger partial charge in [0.05, 0.1) is 28.4 Å². The van der Waals surface area contributed by atoms with Gasteiger partial charge in [0, 0.05) is 0 Å². The summed E-state index contributed by atoms with van der Waals surface area (Å²) in [6.45, 7) is 0. The Morgan fingerprint density at radius 1 is 0.500 bits per heavy atom. The zero-order chi connectivity index (χ0) is 30.6. The molecule has 0 atom stereocenters. The third-order valence-electron chi connectivity index (χ3n) is 7.77. The Hall–Kier alpha value is -5.68. The highest BCUT2D eigenvalue weighted by atomic mass is 19.4. The quantitative estimate of drug-likeness (QED) is 0.188. The molecule has 44 heavy (non-hydrogen) atoms. The van der Waals surface area contributed by atoms with Gasteiger partial charge in [-0.2, -0.15) is 18.4 Å². The van der Waals surface area contributed by atoms with Crippen LogP contribution in [0.15, 0.2) is 97.1 Å². The van der Waals surface area contributed by atoms with Gasteiger partial charge in [0.15, 0.2) is 11.6 Å². The monoisotopic (exact) mass is 589 g/mol. The topological polar surface area (TPSA) is 30.3 Å². The number of para-hydroxylation sites is 4. The van der Waals surface area contributed by atoms with Crippen LogP contribution >= 0.6 is 0 Å². The van der Waals surface area contributed by atoms with Crippen LogP contribution in [0.5, 0.6) is 0 Å². The number of halogens is 5. The van der Waals surface area contributed by atoms with Crippen LogP contribution in [0.25, 0.3) is 24.3 Å². The minimum absolute atomic E-state index is 0.214. The van der Waals surface area contributed by atoms with E-state index < -0.39 is 40.3 Å². The Bertz CT molecular complexity index is 1970. The molecule has 2 aliphatic rings. The largest absolute Gasteiger partial charge is 0.421 e. The predicted molar refractivity (Wildman–Crippen MR) is 163 cm³/mol. The highest BCUT2D eigenvalue weighted by Gasteiger charge is 2.45. The van der Waals surface area contributed by atoms with E-state index in [2.05, 4.69) is 0 Å². The summed E-state index contributed by atoms with van der Waals surface area (Å²) in [4.78, 5) is 2.43. The summed E-state index contributed by atoms with van der Waals surface area (Å²) in [5, 5.41) is 10.2. The van der Waals surface area contributed by atoms with Crippen molar-refractivity contribution in [2.45, 2.75) is 6.18 Å². The molecule has 0 unspecified atom stereocenters. The van der Waals surface area contributed by atoms with E-state index >= 15 is 8.78 Å². The summed E-state index contributed by atoms with van der Waals surface area (Å²) in [5.74, 6) is -3.25. The van der Waals surface area contributed by atoms with E-state index in [1.807, 2.05) is 0 Å². The van der Waals surface area contributed by atoms with E-state index in [1.54, 1.807) is 127 Å². The molecule has 2 aliphatic heterocycles. The summed E-state index contributed by atoms with van der Waals surface area (Å²) in [7, 11) is 0. The molecular formula is C36H20F5N3. The van der Waals surface area contributed by atoms with Gasteiger partial charge in [-0.3, -0.25) is 0 Å². The van der Waals surface area contributed by atoms with Gasteiger partial charge >= 0.3 is 6.18 Å². The Morgan fingerprint density at radius 3 is 1.18 bits per heavy atom. The maximum absolute atomic E-state index is 17.6. The van der Waals surface area contributed by atoms with Crippen LogP contribution < -0.4 is 9.80 Å². The lowest BCUT2D eigenvalue weighted by Gasteiger charge is -2.34. The lowest BCUT2D eigenvalue weighted by Crippen LogP contribution is -2.25. The van der Waals surface area contributed by atoms with Gasteiger partial charge in [-0.15, -0.1) is 0 Å². The third-order valence-corrected chi connectivity index (χ3v) is 7.77. The second-order valence-corrected chi connectivity index (χ2v) is 10.3.